The predicted octanol–water partition coefficient (Wildman–Crippen LogP) is 5.11. The maximum atomic E-state index is 12.4. The van der Waals surface area contributed by atoms with E-state index in [1.165, 1.54) is 12.1 Å². The number of nitro groups is 1. The summed E-state index contributed by atoms with van der Waals surface area (Å²) in [6.07, 6.45) is 3.58. The smallest absolute Gasteiger partial charge is 0.345 e. The number of hydrogen-bond acceptors (Lipinski definition) is 4. The Bertz CT molecular complexity index is 838. The van der Waals surface area contributed by atoms with E-state index >= 15 is 0 Å². The van der Waals surface area contributed by atoms with Gasteiger partial charge in [0.2, 0.25) is 5.75 Å². The van der Waals surface area contributed by atoms with Crippen molar-refractivity contribution >= 4 is 39.2 Å². The fourth-order valence-electron chi connectivity index (χ4n) is 2.83. The Hall–Kier alpha value is -1.92. The van der Waals surface area contributed by atoms with E-state index in [9.17, 15) is 14.9 Å². The van der Waals surface area contributed by atoms with E-state index < -0.39 is 10.9 Å². The lowest BCUT2D eigenvalue weighted by atomic mass is 9.91. The van der Waals surface area contributed by atoms with E-state index in [4.69, 9.17) is 16.3 Å². The Morgan fingerprint density at radius 2 is 1.96 bits per heavy atom. The van der Waals surface area contributed by atoms with Gasteiger partial charge in [0.25, 0.3) is 0 Å². The van der Waals surface area contributed by atoms with Crippen molar-refractivity contribution in [1.82, 2.24) is 0 Å². The van der Waals surface area contributed by atoms with E-state index in [0.717, 1.165) is 36.8 Å². The first-order valence-corrected chi connectivity index (χ1v) is 8.61. The van der Waals surface area contributed by atoms with Crippen LogP contribution in [0.2, 0.25) is 5.02 Å². The fraction of sp³-hybridized carbons (Fsp3) is 0.235. The number of aryl methyl sites for hydroxylation is 1. The monoisotopic (exact) mass is 409 g/mol. The average Bonchev–Trinajstić information content (AvgIpc) is 2.57. The van der Waals surface area contributed by atoms with Gasteiger partial charge in [-0.05, 0) is 64.9 Å². The van der Waals surface area contributed by atoms with Crippen molar-refractivity contribution < 1.29 is 14.5 Å². The topological polar surface area (TPSA) is 69.4 Å². The molecule has 0 bridgehead atoms. The van der Waals surface area contributed by atoms with Crippen LogP contribution in [-0.2, 0) is 12.8 Å². The molecule has 0 amide bonds. The van der Waals surface area contributed by atoms with Gasteiger partial charge < -0.3 is 4.74 Å². The molecule has 3 rings (SSSR count). The first-order chi connectivity index (χ1) is 11.5. The Morgan fingerprint density at radius 1 is 1.25 bits per heavy atom. The van der Waals surface area contributed by atoms with Gasteiger partial charge in [-0.2, -0.15) is 0 Å². The summed E-state index contributed by atoms with van der Waals surface area (Å²) in [6, 6.07) is 7.93. The molecule has 0 spiro atoms. The van der Waals surface area contributed by atoms with Crippen molar-refractivity contribution in [2.24, 2.45) is 0 Å². The highest BCUT2D eigenvalue weighted by Crippen LogP contribution is 2.42. The highest BCUT2D eigenvalue weighted by Gasteiger charge is 2.28. The highest BCUT2D eigenvalue weighted by atomic mass is 79.9. The summed E-state index contributed by atoms with van der Waals surface area (Å²) in [5, 5.41) is 11.6. The van der Waals surface area contributed by atoms with Gasteiger partial charge in [-0.1, -0.05) is 23.7 Å². The largest absolute Gasteiger partial charge is 0.414 e. The number of hydrogen-bond donors (Lipinski definition) is 0. The minimum Gasteiger partial charge on any atom is -0.414 e. The highest BCUT2D eigenvalue weighted by molar-refractivity contribution is 9.10. The van der Waals surface area contributed by atoms with Crippen molar-refractivity contribution in [3.8, 4) is 5.75 Å². The summed E-state index contributed by atoms with van der Waals surface area (Å²) in [5.74, 6) is -0.786. The van der Waals surface area contributed by atoms with Crippen LogP contribution in [0.3, 0.4) is 0 Å². The third-order valence-corrected chi connectivity index (χ3v) is 5.17. The molecule has 124 valence electrons. The number of esters is 1. The maximum absolute atomic E-state index is 12.4. The second kappa shape index (κ2) is 6.91. The Morgan fingerprint density at radius 3 is 2.67 bits per heavy atom. The molecular formula is C17H13BrClNO4. The zero-order valence-corrected chi connectivity index (χ0v) is 14.9. The van der Waals surface area contributed by atoms with E-state index in [-0.39, 0.29) is 22.0 Å². The molecule has 0 atom stereocenters. The maximum Gasteiger partial charge on any atom is 0.345 e. The lowest BCUT2D eigenvalue weighted by Crippen LogP contribution is -2.13. The summed E-state index contributed by atoms with van der Waals surface area (Å²) in [4.78, 5) is 23.3. The van der Waals surface area contributed by atoms with Gasteiger partial charge in [-0.25, -0.2) is 4.79 Å². The number of ether oxygens (including phenoxy) is 1. The third kappa shape index (κ3) is 3.16. The van der Waals surface area contributed by atoms with Crippen molar-refractivity contribution in [3.05, 3.63) is 66.6 Å². The molecule has 2 aromatic carbocycles. The van der Waals surface area contributed by atoms with Crippen molar-refractivity contribution in [2.75, 3.05) is 0 Å². The molecule has 0 heterocycles. The van der Waals surface area contributed by atoms with Gasteiger partial charge in [0.05, 0.1) is 20.0 Å². The van der Waals surface area contributed by atoms with E-state index in [1.807, 2.05) is 0 Å². The normalized spacial score (nSPS) is 13.2. The van der Waals surface area contributed by atoms with Crippen LogP contribution < -0.4 is 4.74 Å². The molecule has 0 aliphatic heterocycles. The zero-order chi connectivity index (χ0) is 17.3. The molecule has 24 heavy (non-hydrogen) atoms. The van der Waals surface area contributed by atoms with E-state index in [2.05, 4.69) is 15.9 Å². The van der Waals surface area contributed by atoms with Crippen molar-refractivity contribution in [1.29, 1.82) is 0 Å². The Kier molecular flexibility index (Phi) is 4.87. The molecule has 0 fully saturated rings. The molecule has 7 heteroatoms. The molecule has 0 aromatic heterocycles. The van der Waals surface area contributed by atoms with Crippen LogP contribution in [0.1, 0.15) is 34.3 Å². The van der Waals surface area contributed by atoms with Gasteiger partial charge in [0, 0.05) is 6.07 Å². The molecule has 2 aromatic rings. The molecule has 1 aliphatic rings. The standard InChI is InChI=1S/C17H13BrClNO4/c18-15-11-6-2-1-5-10(11)9-14(20(22)23)16(15)24-17(21)12-7-3-4-8-13(12)19/h3-4,7-9H,1-2,5-6H2. The van der Waals surface area contributed by atoms with Gasteiger partial charge in [0.15, 0.2) is 0 Å². The van der Waals surface area contributed by atoms with Crippen LogP contribution in [0.25, 0.3) is 0 Å². The average molecular weight is 411 g/mol. The van der Waals surface area contributed by atoms with Crippen LogP contribution >= 0.6 is 27.5 Å². The molecule has 5 nitrogen and oxygen atoms in total. The SMILES string of the molecule is O=C(Oc1c([N+](=O)[O-])cc2c(c1Br)CCCC2)c1ccccc1Cl. The molecule has 0 saturated heterocycles. The first kappa shape index (κ1) is 16.9. The number of benzene rings is 2. The van der Waals surface area contributed by atoms with Crippen molar-refractivity contribution in [3.63, 3.8) is 0 Å². The third-order valence-electron chi connectivity index (χ3n) is 4.00. The summed E-state index contributed by atoms with van der Waals surface area (Å²) in [6.45, 7) is 0. The predicted molar refractivity (Wildman–Crippen MR) is 93.8 cm³/mol. The van der Waals surface area contributed by atoms with Gasteiger partial charge >= 0.3 is 11.7 Å². The summed E-state index contributed by atoms with van der Waals surface area (Å²) >= 11 is 9.39. The van der Waals surface area contributed by atoms with Gasteiger partial charge in [-0.3, -0.25) is 10.1 Å². The summed E-state index contributed by atoms with van der Waals surface area (Å²) < 4.78 is 5.84. The lowest BCUT2D eigenvalue weighted by molar-refractivity contribution is -0.385. The van der Waals surface area contributed by atoms with Crippen LogP contribution in [0.15, 0.2) is 34.8 Å². The van der Waals surface area contributed by atoms with Crippen LogP contribution in [-0.4, -0.2) is 10.9 Å². The quantitative estimate of drug-likeness (QED) is 0.305. The van der Waals surface area contributed by atoms with Crippen LogP contribution in [0.5, 0.6) is 5.75 Å². The fourth-order valence-corrected chi connectivity index (χ4v) is 3.78. The van der Waals surface area contributed by atoms with Crippen LogP contribution in [0, 0.1) is 10.1 Å². The van der Waals surface area contributed by atoms with Gasteiger partial charge in [-0.15, -0.1) is 0 Å². The molecule has 0 unspecified atom stereocenters. The van der Waals surface area contributed by atoms with Gasteiger partial charge in [0.1, 0.15) is 0 Å². The minimum absolute atomic E-state index is 0.0643. The Labute approximate surface area is 151 Å². The molecule has 1 aliphatic carbocycles. The number of nitrogens with zero attached hydrogens (tertiary/aromatic N) is 1. The molecule has 0 saturated carbocycles. The molecule has 0 radical (unpaired) electrons. The van der Waals surface area contributed by atoms with Crippen LogP contribution in [0.4, 0.5) is 5.69 Å². The second-order valence-electron chi connectivity index (χ2n) is 5.51. The Balaban J connectivity index is 2.05. The number of carbonyl (C=O) groups is 1. The lowest BCUT2D eigenvalue weighted by Gasteiger charge is -2.19. The summed E-state index contributed by atoms with van der Waals surface area (Å²) in [5.41, 5.74) is 1.84. The first-order valence-electron chi connectivity index (χ1n) is 7.44. The van der Waals surface area contributed by atoms with Crippen molar-refractivity contribution in [2.45, 2.75) is 25.7 Å². The number of rotatable bonds is 3. The van der Waals surface area contributed by atoms with E-state index in [1.54, 1.807) is 18.2 Å². The number of carbonyl (C=O) groups excluding carboxylic acids is 1. The second-order valence-corrected chi connectivity index (χ2v) is 6.71. The number of nitro benzene ring substituents is 1. The molecule has 0 N–H and O–H groups in total. The number of fused-ring (bicyclic) bond motifs is 1. The zero-order valence-electron chi connectivity index (χ0n) is 12.6. The molecular weight excluding hydrogens is 398 g/mol. The minimum atomic E-state index is -0.722. The summed E-state index contributed by atoms with van der Waals surface area (Å²) in [7, 11) is 0. The number of halogens is 2. The van der Waals surface area contributed by atoms with E-state index in [0.29, 0.717) is 4.47 Å².